The standard InChI is InChI=1S/C23H26F3N7O2/c1-31(17-7-10-32(11-8-17)22-28-12-16(13-29-22)23(24,25)26)19(34)6-3-9-33-14-15-4-2-5-18(21(27)35)20(15)30-33/h2,4-5,12-14,17H,3,6-11H2,1H3,(H2,27,35). The van der Waals surface area contributed by atoms with Crippen LogP contribution in [-0.2, 0) is 17.5 Å². The summed E-state index contributed by atoms with van der Waals surface area (Å²) in [4.78, 5) is 35.6. The van der Waals surface area contributed by atoms with Gasteiger partial charge in [0.1, 0.15) is 5.52 Å². The number of anilines is 1. The van der Waals surface area contributed by atoms with Gasteiger partial charge >= 0.3 is 6.18 Å². The van der Waals surface area contributed by atoms with Gasteiger partial charge in [-0.1, -0.05) is 12.1 Å². The number of piperidine rings is 1. The van der Waals surface area contributed by atoms with E-state index in [1.165, 1.54) is 0 Å². The van der Waals surface area contributed by atoms with E-state index in [-0.39, 0.29) is 17.9 Å². The van der Waals surface area contributed by atoms with Crippen LogP contribution in [0, 0.1) is 0 Å². The molecular formula is C23H26F3N7O2. The molecule has 3 heterocycles. The number of rotatable bonds is 7. The molecule has 12 heteroatoms. The van der Waals surface area contributed by atoms with Crippen LogP contribution in [0.4, 0.5) is 19.1 Å². The molecule has 35 heavy (non-hydrogen) atoms. The number of aryl methyl sites for hydroxylation is 1. The molecule has 0 aliphatic carbocycles. The summed E-state index contributed by atoms with van der Waals surface area (Å²) in [5.41, 5.74) is 5.44. The first kappa shape index (κ1) is 24.4. The molecule has 3 aromatic rings. The molecule has 1 saturated heterocycles. The number of benzene rings is 1. The van der Waals surface area contributed by atoms with Gasteiger partial charge in [0.05, 0.1) is 11.1 Å². The number of nitrogens with zero attached hydrogens (tertiary/aromatic N) is 6. The van der Waals surface area contributed by atoms with Gasteiger partial charge in [-0.2, -0.15) is 18.3 Å². The third-order valence-electron chi connectivity index (χ3n) is 6.28. The molecule has 0 atom stereocenters. The minimum absolute atomic E-state index is 0.0174. The second-order valence-corrected chi connectivity index (χ2v) is 8.60. The zero-order valence-corrected chi connectivity index (χ0v) is 19.2. The largest absolute Gasteiger partial charge is 0.419 e. The number of nitrogens with two attached hydrogens (primary N) is 1. The fourth-order valence-corrected chi connectivity index (χ4v) is 4.26. The van der Waals surface area contributed by atoms with Crippen molar-refractivity contribution >= 4 is 28.7 Å². The molecule has 0 bridgehead atoms. The Morgan fingerprint density at radius 3 is 2.49 bits per heavy atom. The Labute approximate surface area is 199 Å². The molecule has 0 radical (unpaired) electrons. The van der Waals surface area contributed by atoms with Crippen LogP contribution in [0.3, 0.4) is 0 Å². The van der Waals surface area contributed by atoms with Gasteiger partial charge in [-0.25, -0.2) is 9.97 Å². The third-order valence-corrected chi connectivity index (χ3v) is 6.28. The molecular weight excluding hydrogens is 463 g/mol. The van der Waals surface area contributed by atoms with Crippen LogP contribution in [0.5, 0.6) is 0 Å². The summed E-state index contributed by atoms with van der Waals surface area (Å²) in [5, 5.41) is 5.25. The Morgan fingerprint density at radius 2 is 1.86 bits per heavy atom. The van der Waals surface area contributed by atoms with Crippen LogP contribution in [0.25, 0.3) is 10.9 Å². The average Bonchev–Trinajstić information content (AvgIpc) is 3.26. The molecule has 4 rings (SSSR count). The Bertz CT molecular complexity index is 1200. The van der Waals surface area contributed by atoms with Crippen LogP contribution in [0.15, 0.2) is 36.8 Å². The molecule has 1 aliphatic heterocycles. The summed E-state index contributed by atoms with van der Waals surface area (Å²) in [6.45, 7) is 1.63. The van der Waals surface area contributed by atoms with Crippen LogP contribution < -0.4 is 10.6 Å². The third kappa shape index (κ3) is 5.52. The van der Waals surface area contributed by atoms with Gasteiger partial charge in [-0.3, -0.25) is 14.3 Å². The van der Waals surface area contributed by atoms with E-state index < -0.39 is 17.6 Å². The normalized spacial score (nSPS) is 14.9. The van der Waals surface area contributed by atoms with Crippen molar-refractivity contribution in [2.75, 3.05) is 25.0 Å². The predicted molar refractivity (Wildman–Crippen MR) is 123 cm³/mol. The van der Waals surface area contributed by atoms with Crippen molar-refractivity contribution in [3.05, 3.63) is 47.9 Å². The van der Waals surface area contributed by atoms with Gasteiger partial charge in [0.2, 0.25) is 11.9 Å². The van der Waals surface area contributed by atoms with E-state index in [2.05, 4.69) is 15.1 Å². The fourth-order valence-electron chi connectivity index (χ4n) is 4.26. The Morgan fingerprint density at radius 1 is 1.17 bits per heavy atom. The number of primary amides is 1. The number of halogens is 3. The zero-order valence-electron chi connectivity index (χ0n) is 19.2. The number of fused-ring (bicyclic) bond motifs is 1. The van der Waals surface area contributed by atoms with Crippen molar-refractivity contribution in [3.8, 4) is 0 Å². The number of carbonyl (C=O) groups is 2. The maximum atomic E-state index is 12.7. The summed E-state index contributed by atoms with van der Waals surface area (Å²) in [6.07, 6.45) is 1.22. The first-order valence-electron chi connectivity index (χ1n) is 11.3. The van der Waals surface area contributed by atoms with Crippen LogP contribution in [0.2, 0.25) is 0 Å². The van der Waals surface area contributed by atoms with Crippen LogP contribution in [-0.4, -0.2) is 62.6 Å². The zero-order chi connectivity index (χ0) is 25.2. The number of hydrogen-bond acceptors (Lipinski definition) is 6. The van der Waals surface area contributed by atoms with E-state index >= 15 is 0 Å². The first-order valence-corrected chi connectivity index (χ1v) is 11.3. The SMILES string of the molecule is CN(C(=O)CCCn1cc2cccc(C(N)=O)c2n1)C1CCN(c2ncc(C(F)(F)F)cn2)CC1. The van der Waals surface area contributed by atoms with E-state index in [4.69, 9.17) is 5.73 Å². The van der Waals surface area contributed by atoms with E-state index in [1.807, 2.05) is 17.2 Å². The molecule has 186 valence electrons. The summed E-state index contributed by atoms with van der Waals surface area (Å²) in [5.74, 6) is -0.256. The van der Waals surface area contributed by atoms with Crippen molar-refractivity contribution in [1.29, 1.82) is 0 Å². The molecule has 0 saturated carbocycles. The molecule has 1 fully saturated rings. The summed E-state index contributed by atoms with van der Waals surface area (Å²) < 4.78 is 39.8. The summed E-state index contributed by atoms with van der Waals surface area (Å²) in [7, 11) is 1.78. The number of aromatic nitrogens is 4. The Balaban J connectivity index is 1.26. The smallest absolute Gasteiger partial charge is 0.366 e. The molecule has 1 aromatic carbocycles. The van der Waals surface area contributed by atoms with Gasteiger partial charge < -0.3 is 15.5 Å². The highest BCUT2D eigenvalue weighted by Crippen LogP contribution is 2.29. The number of carbonyl (C=O) groups excluding carboxylic acids is 2. The quantitative estimate of drug-likeness (QED) is 0.547. The van der Waals surface area contributed by atoms with E-state index in [0.29, 0.717) is 56.4 Å². The molecule has 9 nitrogen and oxygen atoms in total. The lowest BCUT2D eigenvalue weighted by atomic mass is 10.0. The van der Waals surface area contributed by atoms with Crippen molar-refractivity contribution in [3.63, 3.8) is 0 Å². The highest BCUT2D eigenvalue weighted by Gasteiger charge is 2.32. The second-order valence-electron chi connectivity index (χ2n) is 8.60. The molecule has 0 spiro atoms. The van der Waals surface area contributed by atoms with Crippen LogP contribution in [0.1, 0.15) is 41.6 Å². The van der Waals surface area contributed by atoms with Gasteiger partial charge in [0, 0.05) is 63.1 Å². The maximum Gasteiger partial charge on any atom is 0.419 e. The van der Waals surface area contributed by atoms with Crippen LogP contribution >= 0.6 is 0 Å². The highest BCUT2D eigenvalue weighted by molar-refractivity contribution is 6.04. The lowest BCUT2D eigenvalue weighted by molar-refractivity contribution is -0.138. The molecule has 2 aromatic heterocycles. The topological polar surface area (TPSA) is 110 Å². The van der Waals surface area contributed by atoms with E-state index in [1.54, 1.807) is 28.8 Å². The van der Waals surface area contributed by atoms with E-state index in [9.17, 15) is 22.8 Å². The molecule has 0 unspecified atom stereocenters. The number of alkyl halides is 3. The van der Waals surface area contributed by atoms with Gasteiger partial charge in [-0.05, 0) is 25.3 Å². The number of amides is 2. The minimum atomic E-state index is -4.47. The van der Waals surface area contributed by atoms with Gasteiger partial charge in [-0.15, -0.1) is 0 Å². The molecule has 2 N–H and O–H groups in total. The number of hydrogen-bond donors (Lipinski definition) is 1. The minimum Gasteiger partial charge on any atom is -0.366 e. The van der Waals surface area contributed by atoms with Crippen molar-refractivity contribution in [1.82, 2.24) is 24.6 Å². The predicted octanol–water partition coefficient (Wildman–Crippen LogP) is 2.85. The van der Waals surface area contributed by atoms with Gasteiger partial charge in [0.15, 0.2) is 0 Å². The maximum absolute atomic E-state index is 12.7. The van der Waals surface area contributed by atoms with Crippen molar-refractivity contribution in [2.45, 2.75) is 44.4 Å². The first-order chi connectivity index (χ1) is 16.6. The monoisotopic (exact) mass is 489 g/mol. The molecule has 2 amide bonds. The summed E-state index contributed by atoms with van der Waals surface area (Å²) >= 11 is 0. The fraction of sp³-hybridized carbons (Fsp3) is 0.435. The second kappa shape index (κ2) is 9.88. The Hall–Kier alpha value is -3.70. The Kier molecular flexibility index (Phi) is 6.90. The van der Waals surface area contributed by atoms with Crippen molar-refractivity contribution < 1.29 is 22.8 Å². The van der Waals surface area contributed by atoms with Crippen molar-refractivity contribution in [2.24, 2.45) is 5.73 Å². The molecule has 1 aliphatic rings. The average molecular weight is 490 g/mol. The summed E-state index contributed by atoms with van der Waals surface area (Å²) in [6, 6.07) is 5.28. The lowest BCUT2D eigenvalue weighted by Gasteiger charge is -2.36. The lowest BCUT2D eigenvalue weighted by Crippen LogP contribution is -2.46. The van der Waals surface area contributed by atoms with E-state index in [0.717, 1.165) is 17.8 Å². The van der Waals surface area contributed by atoms with Gasteiger partial charge in [0.25, 0.3) is 5.91 Å². The highest BCUT2D eigenvalue weighted by atomic mass is 19.4.